The van der Waals surface area contributed by atoms with Gasteiger partial charge >= 0.3 is 0 Å². The second-order valence-electron chi connectivity index (χ2n) is 4.53. The number of nitrogens with one attached hydrogen (secondary N) is 2. The average molecular weight is 307 g/mol. The molecular formula is C13H21N7O2. The van der Waals surface area contributed by atoms with Crippen LogP contribution in [0.4, 0.5) is 5.82 Å². The highest BCUT2D eigenvalue weighted by atomic mass is 16.2. The Labute approximate surface area is 128 Å². The lowest BCUT2D eigenvalue weighted by atomic mass is 10.2. The molecule has 9 nitrogen and oxygen atoms in total. The van der Waals surface area contributed by atoms with Crippen molar-refractivity contribution >= 4 is 18.1 Å². The Morgan fingerprint density at radius 1 is 1.36 bits per heavy atom. The molecule has 0 radical (unpaired) electrons. The number of anilines is 1. The molecule has 2 amide bonds. The number of amides is 2. The van der Waals surface area contributed by atoms with E-state index in [1.165, 1.54) is 18.3 Å². The van der Waals surface area contributed by atoms with Crippen LogP contribution in [0, 0.1) is 0 Å². The molecule has 1 aromatic heterocycles. The molecule has 6 N–H and O–H groups in total. The minimum atomic E-state index is -0.366. The number of unbranched alkanes of at least 4 members (excludes halogenated alkanes) is 1. The van der Waals surface area contributed by atoms with Gasteiger partial charge in [0.25, 0.3) is 5.91 Å². The number of hydrazine groups is 1. The van der Waals surface area contributed by atoms with E-state index in [4.69, 9.17) is 11.6 Å². The molecule has 0 bridgehead atoms. The molecule has 0 aliphatic heterocycles. The summed E-state index contributed by atoms with van der Waals surface area (Å²) in [7, 11) is 1.50. The summed E-state index contributed by atoms with van der Waals surface area (Å²) in [4.78, 5) is 21.4. The highest BCUT2D eigenvalue weighted by Crippen LogP contribution is 2.05. The molecule has 22 heavy (non-hydrogen) atoms. The molecule has 0 saturated heterocycles. The van der Waals surface area contributed by atoms with E-state index in [2.05, 4.69) is 20.8 Å². The number of nitrogens with zero attached hydrogens (tertiary/aromatic N) is 3. The van der Waals surface area contributed by atoms with Crippen molar-refractivity contribution in [1.82, 2.24) is 20.5 Å². The number of hydrogen-bond acceptors (Lipinski definition) is 7. The van der Waals surface area contributed by atoms with Gasteiger partial charge in [-0.05, 0) is 31.4 Å². The molecule has 0 spiro atoms. The minimum absolute atomic E-state index is 0.0640. The molecule has 0 atom stereocenters. The van der Waals surface area contributed by atoms with E-state index in [0.717, 1.165) is 25.0 Å². The summed E-state index contributed by atoms with van der Waals surface area (Å²) in [5.41, 5.74) is 6.44. The van der Waals surface area contributed by atoms with Crippen molar-refractivity contribution in [2.75, 3.05) is 18.9 Å². The van der Waals surface area contributed by atoms with Gasteiger partial charge in [-0.1, -0.05) is 0 Å². The molecule has 0 fully saturated rings. The van der Waals surface area contributed by atoms with Crippen LogP contribution in [0.5, 0.6) is 0 Å². The predicted molar refractivity (Wildman–Crippen MR) is 81.9 cm³/mol. The summed E-state index contributed by atoms with van der Waals surface area (Å²) < 4.78 is 0. The molecule has 1 rings (SSSR count). The number of rotatable bonds is 9. The van der Waals surface area contributed by atoms with Gasteiger partial charge < -0.3 is 21.4 Å². The predicted octanol–water partition coefficient (Wildman–Crippen LogP) is -0.911. The average Bonchev–Trinajstić information content (AvgIpc) is 2.52. The molecule has 0 aliphatic rings. The highest BCUT2D eigenvalue weighted by molar-refractivity contribution is 5.91. The van der Waals surface area contributed by atoms with Crippen LogP contribution in [0.1, 0.15) is 18.5 Å². The van der Waals surface area contributed by atoms with Crippen LogP contribution in [0.3, 0.4) is 0 Å². The Hall–Kier alpha value is -2.68. The zero-order valence-electron chi connectivity index (χ0n) is 12.5. The molecule has 1 aromatic rings. The van der Waals surface area contributed by atoms with E-state index in [0.29, 0.717) is 18.8 Å². The number of likely N-dealkylation sites (N-methyl/N-ethyl adjacent to an activating group) is 1. The van der Waals surface area contributed by atoms with Crippen molar-refractivity contribution < 1.29 is 9.59 Å². The number of aryl methyl sites for hydroxylation is 1. The van der Waals surface area contributed by atoms with E-state index < -0.39 is 0 Å². The molecule has 9 heteroatoms. The maximum absolute atomic E-state index is 11.2. The zero-order valence-corrected chi connectivity index (χ0v) is 12.5. The van der Waals surface area contributed by atoms with Gasteiger partial charge in [-0.2, -0.15) is 5.10 Å². The van der Waals surface area contributed by atoms with Crippen molar-refractivity contribution in [3.63, 3.8) is 0 Å². The number of aromatic nitrogens is 2. The summed E-state index contributed by atoms with van der Waals surface area (Å²) in [6, 6.07) is 3.50. The quantitative estimate of drug-likeness (QED) is 0.152. The van der Waals surface area contributed by atoms with Crippen LogP contribution in [-0.4, -0.2) is 41.1 Å². The van der Waals surface area contributed by atoms with Crippen molar-refractivity contribution in [3.05, 3.63) is 29.7 Å². The first-order valence-electron chi connectivity index (χ1n) is 6.80. The van der Waals surface area contributed by atoms with Crippen LogP contribution < -0.4 is 22.2 Å². The Morgan fingerprint density at radius 2 is 2.14 bits per heavy atom. The number of hydrogen-bond donors (Lipinski definition) is 4. The van der Waals surface area contributed by atoms with E-state index in [-0.39, 0.29) is 11.6 Å². The summed E-state index contributed by atoms with van der Waals surface area (Å²) >= 11 is 0. The Bertz CT molecular complexity index is 516. The molecular weight excluding hydrogens is 286 g/mol. The first kappa shape index (κ1) is 17.4. The SMILES string of the molecule is CNC(=O)/C(N)=C/N(N)CCCCc1ccc(NC=O)nn1. The third kappa shape index (κ3) is 6.18. The van der Waals surface area contributed by atoms with Crippen molar-refractivity contribution in [2.24, 2.45) is 11.6 Å². The standard InChI is InChI=1S/C13H21N7O2/c1-16-13(22)11(14)8-20(15)7-3-2-4-10-5-6-12(17-9-21)19-18-10/h5-6,8-9H,2-4,7,14-15H2,1H3,(H,16,22)(H,17,19,21)/b11-8-. The Morgan fingerprint density at radius 3 is 2.73 bits per heavy atom. The van der Waals surface area contributed by atoms with Gasteiger partial charge in [0.1, 0.15) is 5.70 Å². The number of carbonyl (C=O) groups excluding carboxylic acids is 2. The Balaban J connectivity index is 2.29. The van der Waals surface area contributed by atoms with Gasteiger partial charge in [-0.15, -0.1) is 5.10 Å². The van der Waals surface area contributed by atoms with E-state index in [9.17, 15) is 9.59 Å². The lowest BCUT2D eigenvalue weighted by Gasteiger charge is -2.14. The number of nitrogens with two attached hydrogens (primary N) is 2. The van der Waals surface area contributed by atoms with Crippen LogP contribution in [0.15, 0.2) is 24.0 Å². The molecule has 0 aliphatic carbocycles. The first-order valence-corrected chi connectivity index (χ1v) is 6.80. The summed E-state index contributed by atoms with van der Waals surface area (Å²) in [6.45, 7) is 0.565. The minimum Gasteiger partial charge on any atom is -0.393 e. The van der Waals surface area contributed by atoms with Crippen molar-refractivity contribution in [1.29, 1.82) is 0 Å². The monoisotopic (exact) mass is 307 g/mol. The van der Waals surface area contributed by atoms with Gasteiger partial charge in [0.05, 0.1) is 5.69 Å². The molecule has 0 unspecified atom stereocenters. The van der Waals surface area contributed by atoms with Gasteiger partial charge in [0.2, 0.25) is 6.41 Å². The fraction of sp³-hybridized carbons (Fsp3) is 0.385. The maximum atomic E-state index is 11.2. The largest absolute Gasteiger partial charge is 0.393 e. The van der Waals surface area contributed by atoms with Crippen LogP contribution in [-0.2, 0) is 16.0 Å². The van der Waals surface area contributed by atoms with Gasteiger partial charge in [-0.3, -0.25) is 9.59 Å². The first-order chi connectivity index (χ1) is 10.6. The van der Waals surface area contributed by atoms with E-state index >= 15 is 0 Å². The zero-order chi connectivity index (χ0) is 16.4. The third-order valence-corrected chi connectivity index (χ3v) is 2.82. The third-order valence-electron chi connectivity index (χ3n) is 2.82. The fourth-order valence-electron chi connectivity index (χ4n) is 1.68. The molecule has 1 heterocycles. The second kappa shape index (κ2) is 9.29. The van der Waals surface area contributed by atoms with Gasteiger partial charge in [-0.25, -0.2) is 5.84 Å². The maximum Gasteiger partial charge on any atom is 0.268 e. The number of carbonyl (C=O) groups is 2. The van der Waals surface area contributed by atoms with Crippen molar-refractivity contribution in [2.45, 2.75) is 19.3 Å². The molecule has 120 valence electrons. The van der Waals surface area contributed by atoms with Crippen LogP contribution >= 0.6 is 0 Å². The van der Waals surface area contributed by atoms with Crippen molar-refractivity contribution in [3.8, 4) is 0 Å². The lowest BCUT2D eigenvalue weighted by Crippen LogP contribution is -2.32. The summed E-state index contributed by atoms with van der Waals surface area (Å²) in [6.07, 6.45) is 4.37. The van der Waals surface area contributed by atoms with Crippen LogP contribution in [0.2, 0.25) is 0 Å². The smallest absolute Gasteiger partial charge is 0.268 e. The van der Waals surface area contributed by atoms with Crippen LogP contribution in [0.25, 0.3) is 0 Å². The van der Waals surface area contributed by atoms with Gasteiger partial charge in [0.15, 0.2) is 5.82 Å². The second-order valence-corrected chi connectivity index (χ2v) is 4.53. The Kier molecular flexibility index (Phi) is 7.34. The summed E-state index contributed by atoms with van der Waals surface area (Å²) in [5.74, 6) is 5.78. The topological polar surface area (TPSA) is 139 Å². The van der Waals surface area contributed by atoms with E-state index in [1.54, 1.807) is 6.07 Å². The lowest BCUT2D eigenvalue weighted by molar-refractivity contribution is -0.117. The summed E-state index contributed by atoms with van der Waals surface area (Å²) in [5, 5.41) is 14.1. The normalized spacial score (nSPS) is 10.9. The fourth-order valence-corrected chi connectivity index (χ4v) is 1.68. The highest BCUT2D eigenvalue weighted by Gasteiger charge is 2.04. The van der Waals surface area contributed by atoms with E-state index in [1.807, 2.05) is 6.07 Å². The molecule has 0 saturated carbocycles. The van der Waals surface area contributed by atoms with Gasteiger partial charge in [0, 0.05) is 19.8 Å². The molecule has 0 aromatic carbocycles.